The normalized spacial score (nSPS) is 34.0. The highest BCUT2D eigenvalue weighted by atomic mass is 16.8. The van der Waals surface area contributed by atoms with Crippen LogP contribution in [-0.2, 0) is 14.2 Å². The Bertz CT molecular complexity index is 1420. The molecular weight excluding hydrogens is 548 g/mol. The monoisotopic (exact) mass is 578 g/mol. The van der Waals surface area contributed by atoms with Crippen molar-refractivity contribution in [3.05, 3.63) is 52.7 Å². The quantitative estimate of drug-likeness (QED) is 0.174. The van der Waals surface area contributed by atoms with Crippen molar-refractivity contribution in [1.29, 1.82) is 0 Å². The van der Waals surface area contributed by atoms with Crippen LogP contribution in [0.15, 0.2) is 51.7 Å². The summed E-state index contributed by atoms with van der Waals surface area (Å²) in [5.74, 6) is -0.498. The van der Waals surface area contributed by atoms with Gasteiger partial charge in [0.1, 0.15) is 70.6 Å². The highest BCUT2D eigenvalue weighted by molar-refractivity contribution is 5.86. The summed E-state index contributed by atoms with van der Waals surface area (Å²) in [4.78, 5) is 12.8. The van der Waals surface area contributed by atoms with Crippen molar-refractivity contribution in [2.75, 3.05) is 6.61 Å². The Balaban J connectivity index is 1.47. The van der Waals surface area contributed by atoms with Crippen LogP contribution in [0.4, 0.5) is 0 Å². The summed E-state index contributed by atoms with van der Waals surface area (Å²) in [5.41, 5.74) is -0.182. The first kappa shape index (κ1) is 29.2. The fourth-order valence-corrected chi connectivity index (χ4v) is 4.79. The van der Waals surface area contributed by atoms with Gasteiger partial charge in [0.2, 0.25) is 6.29 Å². The van der Waals surface area contributed by atoms with E-state index >= 15 is 0 Å². The minimum absolute atomic E-state index is 0.00857. The highest BCUT2D eigenvalue weighted by Crippen LogP contribution is 2.35. The van der Waals surface area contributed by atoms with Crippen molar-refractivity contribution in [1.82, 2.24) is 0 Å². The number of phenols is 2. The number of aliphatic hydroxyl groups is 6. The maximum Gasteiger partial charge on any atom is 0.229 e. The summed E-state index contributed by atoms with van der Waals surface area (Å²) >= 11 is 0. The van der Waals surface area contributed by atoms with Gasteiger partial charge in [0, 0.05) is 23.8 Å². The van der Waals surface area contributed by atoms with E-state index in [9.17, 15) is 45.6 Å². The molecular formula is C27H30O14. The number of rotatable bonds is 6. The number of benzene rings is 2. The number of ether oxygens (including phenoxy) is 4. The molecule has 14 nitrogen and oxygen atoms in total. The van der Waals surface area contributed by atoms with Crippen molar-refractivity contribution in [2.24, 2.45) is 0 Å². The maximum atomic E-state index is 12.8. The van der Waals surface area contributed by atoms with Crippen LogP contribution in [0.5, 0.6) is 17.2 Å². The fourth-order valence-electron chi connectivity index (χ4n) is 4.79. The van der Waals surface area contributed by atoms with Gasteiger partial charge in [-0.25, -0.2) is 0 Å². The van der Waals surface area contributed by atoms with Gasteiger partial charge in [-0.05, 0) is 31.2 Å². The largest absolute Gasteiger partial charge is 0.508 e. The minimum atomic E-state index is -1.76. The Kier molecular flexibility index (Phi) is 8.20. The lowest BCUT2D eigenvalue weighted by molar-refractivity contribution is -0.354. The number of aliphatic hydroxyl groups excluding tert-OH is 6. The second-order valence-electron chi connectivity index (χ2n) is 9.94. The first-order valence-electron chi connectivity index (χ1n) is 12.7. The van der Waals surface area contributed by atoms with Crippen LogP contribution in [0.2, 0.25) is 0 Å². The topological polar surface area (TPSA) is 229 Å². The van der Waals surface area contributed by atoms with Crippen LogP contribution in [-0.4, -0.2) is 109 Å². The maximum absolute atomic E-state index is 12.8. The van der Waals surface area contributed by atoms with Crippen LogP contribution >= 0.6 is 0 Å². The van der Waals surface area contributed by atoms with Crippen LogP contribution in [0, 0.1) is 0 Å². The molecule has 222 valence electrons. The van der Waals surface area contributed by atoms with Crippen molar-refractivity contribution in [2.45, 2.75) is 68.3 Å². The van der Waals surface area contributed by atoms with Crippen LogP contribution in [0.25, 0.3) is 22.3 Å². The van der Waals surface area contributed by atoms with Gasteiger partial charge in [0.05, 0.1) is 12.7 Å². The zero-order valence-electron chi connectivity index (χ0n) is 21.5. The molecule has 41 heavy (non-hydrogen) atoms. The lowest BCUT2D eigenvalue weighted by Gasteiger charge is -2.45. The summed E-state index contributed by atoms with van der Waals surface area (Å²) in [6.07, 6.45) is -15.3. The molecule has 5 rings (SSSR count). The van der Waals surface area contributed by atoms with E-state index in [4.69, 9.17) is 23.4 Å². The second-order valence-corrected chi connectivity index (χ2v) is 9.94. The Morgan fingerprint density at radius 2 is 1.54 bits per heavy atom. The second kappa shape index (κ2) is 11.5. The molecule has 0 saturated carbocycles. The zero-order valence-corrected chi connectivity index (χ0v) is 21.5. The van der Waals surface area contributed by atoms with E-state index in [1.54, 1.807) is 0 Å². The van der Waals surface area contributed by atoms with E-state index < -0.39 is 79.2 Å². The number of aromatic hydroxyl groups is 2. The molecule has 3 heterocycles. The van der Waals surface area contributed by atoms with Gasteiger partial charge in [-0.1, -0.05) is 0 Å². The molecule has 2 fully saturated rings. The van der Waals surface area contributed by atoms with Crippen molar-refractivity contribution >= 4 is 11.0 Å². The average Bonchev–Trinajstić information content (AvgIpc) is 2.94. The van der Waals surface area contributed by atoms with Gasteiger partial charge < -0.3 is 64.2 Å². The lowest BCUT2D eigenvalue weighted by atomic mass is 9.97. The zero-order chi connectivity index (χ0) is 29.6. The van der Waals surface area contributed by atoms with Crippen LogP contribution < -0.4 is 10.2 Å². The van der Waals surface area contributed by atoms with Gasteiger partial charge in [-0.3, -0.25) is 4.79 Å². The highest BCUT2D eigenvalue weighted by Gasteiger charge is 2.50. The molecule has 0 bridgehead atoms. The SMILES string of the molecule is C[C@H]1O[C@@H](O[C@@H]2[C@@H](Oc3cc(O)c4c(=O)cc(-c5ccc(O)cc5)oc4c3)O[C@@H](CO)[C@H](O)[C@H]2O)[C@H](O)[C@H](O)[C@H]1O. The summed E-state index contributed by atoms with van der Waals surface area (Å²) in [6.45, 7) is 0.704. The Morgan fingerprint density at radius 1 is 0.829 bits per heavy atom. The smallest absolute Gasteiger partial charge is 0.229 e. The van der Waals surface area contributed by atoms with Crippen molar-refractivity contribution in [3.8, 4) is 28.6 Å². The molecule has 0 radical (unpaired) electrons. The van der Waals surface area contributed by atoms with E-state index in [2.05, 4.69) is 0 Å². The Morgan fingerprint density at radius 3 is 2.22 bits per heavy atom. The van der Waals surface area contributed by atoms with E-state index in [1.165, 1.54) is 43.3 Å². The Hall–Kier alpha value is -3.31. The van der Waals surface area contributed by atoms with Crippen LogP contribution in [0.1, 0.15) is 6.92 Å². The van der Waals surface area contributed by atoms with Crippen LogP contribution in [0.3, 0.4) is 0 Å². The third kappa shape index (κ3) is 5.61. The third-order valence-corrected chi connectivity index (χ3v) is 7.11. The molecule has 2 aliphatic heterocycles. The minimum Gasteiger partial charge on any atom is -0.508 e. The molecule has 0 amide bonds. The number of fused-ring (bicyclic) bond motifs is 1. The molecule has 2 aromatic carbocycles. The summed E-state index contributed by atoms with van der Waals surface area (Å²) in [7, 11) is 0. The lowest BCUT2D eigenvalue weighted by Crippen LogP contribution is -2.64. The van der Waals surface area contributed by atoms with E-state index in [0.29, 0.717) is 5.56 Å². The molecule has 14 heteroatoms. The number of phenolic OH excluding ortho intramolecular Hbond substituents is 2. The predicted molar refractivity (Wildman–Crippen MR) is 137 cm³/mol. The van der Waals surface area contributed by atoms with Crippen molar-refractivity contribution < 1.29 is 64.2 Å². The van der Waals surface area contributed by atoms with Crippen molar-refractivity contribution in [3.63, 3.8) is 0 Å². The van der Waals surface area contributed by atoms with Gasteiger partial charge >= 0.3 is 0 Å². The first-order valence-corrected chi connectivity index (χ1v) is 12.7. The van der Waals surface area contributed by atoms with E-state index in [-0.39, 0.29) is 28.2 Å². The third-order valence-electron chi connectivity index (χ3n) is 7.11. The first-order chi connectivity index (χ1) is 19.5. The van der Waals surface area contributed by atoms with E-state index in [0.717, 1.165) is 6.07 Å². The fraction of sp³-hybridized carbons (Fsp3) is 0.444. The van der Waals surface area contributed by atoms with Gasteiger partial charge in [-0.15, -0.1) is 0 Å². The molecule has 2 saturated heterocycles. The molecule has 0 unspecified atom stereocenters. The average molecular weight is 579 g/mol. The molecule has 0 aliphatic carbocycles. The standard InChI is InChI=1S/C27H30O14/c1-10-20(32)22(34)24(36)26(37-10)41-25-23(35)21(33)18(9-28)40-27(25)38-13-6-14(30)19-15(31)8-16(39-17(19)7-13)11-2-4-12(29)5-3-11/h2-8,10,18,20-30,32-36H,9H2,1H3/t10-,18+,20+,21+,22-,23-,24-,25+,26+,27+/m1/s1. The summed E-state index contributed by atoms with van der Waals surface area (Å²) in [6, 6.07) is 9.38. The molecule has 1 aromatic heterocycles. The molecule has 10 atom stereocenters. The Labute approximate surface area is 231 Å². The van der Waals surface area contributed by atoms with Gasteiger partial charge in [0.15, 0.2) is 17.8 Å². The molecule has 0 spiro atoms. The van der Waals surface area contributed by atoms with Gasteiger partial charge in [0.25, 0.3) is 0 Å². The molecule has 8 N–H and O–H groups in total. The van der Waals surface area contributed by atoms with Gasteiger partial charge in [-0.2, -0.15) is 0 Å². The van der Waals surface area contributed by atoms with E-state index in [1.807, 2.05) is 0 Å². The summed E-state index contributed by atoms with van der Waals surface area (Å²) in [5, 5.41) is 81.4. The number of hydrogen-bond acceptors (Lipinski definition) is 14. The predicted octanol–water partition coefficient (Wildman–Crippen LogP) is -1.10. The number of hydrogen-bond donors (Lipinski definition) is 8. The summed E-state index contributed by atoms with van der Waals surface area (Å²) < 4.78 is 28.4. The molecule has 2 aliphatic rings. The molecule has 3 aromatic rings.